The fraction of sp³-hybridized carbons (Fsp3) is 0.333. The number of aliphatic hydroxyl groups excluding tert-OH is 1. The molecule has 0 amide bonds. The molecule has 0 aliphatic carbocycles. The summed E-state index contributed by atoms with van der Waals surface area (Å²) in [5.41, 5.74) is -0.299. The van der Waals surface area contributed by atoms with Crippen molar-refractivity contribution in [2.45, 2.75) is 32.7 Å². The van der Waals surface area contributed by atoms with E-state index in [-0.39, 0.29) is 23.8 Å². The number of aryl methyl sites for hydroxylation is 1. The monoisotopic (exact) mass is 365 g/mol. The molecule has 134 valence electrons. The quantitative estimate of drug-likeness (QED) is 0.579. The molecule has 0 aliphatic heterocycles. The molecular formula is C18H20ClNO5. The second-order valence-corrected chi connectivity index (χ2v) is 5.98. The summed E-state index contributed by atoms with van der Waals surface area (Å²) >= 11 is 5.92. The Morgan fingerprint density at radius 1 is 1.32 bits per heavy atom. The zero-order chi connectivity index (χ0) is 18.4. The van der Waals surface area contributed by atoms with Crippen LogP contribution in [0.25, 0.3) is 0 Å². The molecule has 0 radical (unpaired) electrons. The average molecular weight is 366 g/mol. The van der Waals surface area contributed by atoms with E-state index in [4.69, 9.17) is 21.1 Å². The predicted octanol–water partition coefficient (Wildman–Crippen LogP) is 2.71. The molecule has 25 heavy (non-hydrogen) atoms. The summed E-state index contributed by atoms with van der Waals surface area (Å²) in [7, 11) is 0. The maximum Gasteiger partial charge on any atom is 0.351 e. The first-order chi connectivity index (χ1) is 11.9. The first kappa shape index (κ1) is 19.0. The van der Waals surface area contributed by atoms with Crippen LogP contribution >= 0.6 is 11.6 Å². The maximum atomic E-state index is 12.4. The van der Waals surface area contributed by atoms with Crippen LogP contribution in [0, 0.1) is 6.92 Å². The average Bonchev–Trinajstić information content (AvgIpc) is 2.63. The van der Waals surface area contributed by atoms with Gasteiger partial charge in [-0.15, -0.1) is 11.6 Å². The molecular weight excluding hydrogens is 346 g/mol. The highest BCUT2D eigenvalue weighted by Gasteiger charge is 2.37. The van der Waals surface area contributed by atoms with Crippen LogP contribution in [0.1, 0.15) is 23.7 Å². The maximum absolute atomic E-state index is 12.4. The van der Waals surface area contributed by atoms with Gasteiger partial charge in [0.2, 0.25) is 5.60 Å². The molecule has 2 aromatic rings. The minimum Gasteiger partial charge on any atom is -0.506 e. The first-order valence-electron chi connectivity index (χ1n) is 7.65. The van der Waals surface area contributed by atoms with Gasteiger partial charge >= 0.3 is 5.97 Å². The molecule has 1 aromatic heterocycles. The van der Waals surface area contributed by atoms with E-state index >= 15 is 0 Å². The highest BCUT2D eigenvalue weighted by molar-refractivity contribution is 6.20. The number of pyridine rings is 1. The number of carbonyl (C=O) groups excluding carboxylic acids is 1. The zero-order valence-electron chi connectivity index (χ0n) is 14.0. The number of nitrogens with zero attached hydrogens (tertiary/aromatic N) is 1. The first-order valence-corrected chi connectivity index (χ1v) is 8.19. The normalized spacial score (nSPS) is 13.1. The Morgan fingerprint density at radius 3 is 2.60 bits per heavy atom. The number of hydrogen-bond donors (Lipinski definition) is 2. The summed E-state index contributed by atoms with van der Waals surface area (Å²) < 4.78 is 11.0. The Morgan fingerprint density at radius 2 is 2.00 bits per heavy atom. The van der Waals surface area contributed by atoms with Crippen molar-refractivity contribution in [2.24, 2.45) is 0 Å². The van der Waals surface area contributed by atoms with Crippen molar-refractivity contribution in [3.05, 3.63) is 53.3 Å². The van der Waals surface area contributed by atoms with Gasteiger partial charge in [0.25, 0.3) is 0 Å². The van der Waals surface area contributed by atoms with Gasteiger partial charge in [-0.25, -0.2) is 4.79 Å². The lowest BCUT2D eigenvalue weighted by molar-refractivity contribution is -0.160. The molecule has 6 nitrogen and oxygen atoms in total. The van der Waals surface area contributed by atoms with Crippen molar-refractivity contribution in [3.8, 4) is 11.5 Å². The van der Waals surface area contributed by atoms with Crippen LogP contribution in [0.4, 0.5) is 0 Å². The van der Waals surface area contributed by atoms with Crippen LogP contribution in [-0.4, -0.2) is 32.6 Å². The van der Waals surface area contributed by atoms with Gasteiger partial charge in [0.15, 0.2) is 0 Å². The molecule has 0 bridgehead atoms. The number of alkyl halides is 1. The number of halogens is 1. The summed E-state index contributed by atoms with van der Waals surface area (Å²) in [6.45, 7) is 2.59. The number of aromatic nitrogens is 1. The summed E-state index contributed by atoms with van der Waals surface area (Å²) in [6.07, 6.45) is 1.45. The molecule has 1 heterocycles. The second kappa shape index (κ2) is 8.18. The van der Waals surface area contributed by atoms with Gasteiger partial charge in [0.1, 0.15) is 18.1 Å². The van der Waals surface area contributed by atoms with E-state index in [1.165, 1.54) is 13.1 Å². The molecule has 1 atom stereocenters. The number of ether oxygens (including phenoxy) is 2. The highest BCUT2D eigenvalue weighted by atomic mass is 35.5. The summed E-state index contributed by atoms with van der Waals surface area (Å²) in [5, 5.41) is 19.4. The minimum absolute atomic E-state index is 0.106. The number of aliphatic hydroxyl groups is 1. The van der Waals surface area contributed by atoms with Crippen LogP contribution < -0.4 is 4.74 Å². The minimum atomic E-state index is -1.37. The number of para-hydroxylation sites is 1. The number of hydrogen-bond acceptors (Lipinski definition) is 6. The van der Waals surface area contributed by atoms with E-state index in [0.717, 1.165) is 0 Å². The van der Waals surface area contributed by atoms with Crippen LogP contribution in [0.3, 0.4) is 0 Å². The van der Waals surface area contributed by atoms with Gasteiger partial charge in [-0.1, -0.05) is 18.2 Å². The third-order valence-corrected chi connectivity index (χ3v) is 4.23. The second-order valence-electron chi connectivity index (χ2n) is 5.71. The van der Waals surface area contributed by atoms with E-state index in [1.54, 1.807) is 31.2 Å². The van der Waals surface area contributed by atoms with Crippen molar-refractivity contribution in [1.82, 2.24) is 4.98 Å². The predicted molar refractivity (Wildman–Crippen MR) is 92.6 cm³/mol. The van der Waals surface area contributed by atoms with Crippen molar-refractivity contribution < 1.29 is 24.5 Å². The van der Waals surface area contributed by atoms with Crippen molar-refractivity contribution >= 4 is 17.6 Å². The number of aromatic hydroxyl groups is 1. The third-order valence-electron chi connectivity index (χ3n) is 3.72. The number of esters is 1. The van der Waals surface area contributed by atoms with Gasteiger partial charge in [-0.05, 0) is 26.0 Å². The van der Waals surface area contributed by atoms with Crippen LogP contribution in [-0.2, 0) is 22.7 Å². The molecule has 7 heteroatoms. The fourth-order valence-corrected chi connectivity index (χ4v) is 2.32. The van der Waals surface area contributed by atoms with Crippen LogP contribution in [0.5, 0.6) is 11.5 Å². The lowest BCUT2D eigenvalue weighted by atomic mass is 10.1. The van der Waals surface area contributed by atoms with Gasteiger partial charge in [-0.3, -0.25) is 4.98 Å². The molecule has 2 rings (SSSR count). The smallest absolute Gasteiger partial charge is 0.351 e. The Balaban J connectivity index is 2.11. The fourth-order valence-electron chi connectivity index (χ4n) is 2.15. The summed E-state index contributed by atoms with van der Waals surface area (Å²) in [4.78, 5) is 16.5. The molecule has 0 spiro atoms. The van der Waals surface area contributed by atoms with E-state index < -0.39 is 18.2 Å². The topological polar surface area (TPSA) is 88.9 Å². The lowest BCUT2D eigenvalue weighted by Gasteiger charge is -2.26. The van der Waals surface area contributed by atoms with Crippen molar-refractivity contribution in [1.29, 1.82) is 0 Å². The standard InChI is InChI=1S/C18H20ClNO5/c1-12-16(22)15(9-21)13(8-20-12)10-24-17(23)18(2,11-19)25-14-6-4-3-5-7-14/h3-8,21-22H,9-11H2,1-2H3. The molecule has 2 N–H and O–H groups in total. The van der Waals surface area contributed by atoms with Crippen molar-refractivity contribution in [2.75, 3.05) is 5.88 Å². The van der Waals surface area contributed by atoms with E-state index in [0.29, 0.717) is 17.0 Å². The molecule has 0 saturated carbocycles. The van der Waals surface area contributed by atoms with E-state index in [1.807, 2.05) is 6.07 Å². The Bertz CT molecular complexity index is 738. The van der Waals surface area contributed by atoms with Crippen LogP contribution in [0.2, 0.25) is 0 Å². The molecule has 1 unspecified atom stereocenters. The number of benzene rings is 1. The van der Waals surface area contributed by atoms with E-state index in [9.17, 15) is 15.0 Å². The van der Waals surface area contributed by atoms with Gasteiger partial charge < -0.3 is 19.7 Å². The van der Waals surface area contributed by atoms with Crippen molar-refractivity contribution in [3.63, 3.8) is 0 Å². The molecule has 0 aliphatic rings. The number of carbonyl (C=O) groups is 1. The van der Waals surface area contributed by atoms with Gasteiger partial charge in [-0.2, -0.15) is 0 Å². The Labute approximate surface area is 151 Å². The SMILES string of the molecule is Cc1ncc(COC(=O)C(C)(CCl)Oc2ccccc2)c(CO)c1O. The largest absolute Gasteiger partial charge is 0.506 e. The van der Waals surface area contributed by atoms with Crippen LogP contribution in [0.15, 0.2) is 36.5 Å². The van der Waals surface area contributed by atoms with E-state index in [2.05, 4.69) is 4.98 Å². The highest BCUT2D eigenvalue weighted by Crippen LogP contribution is 2.25. The Kier molecular flexibility index (Phi) is 6.22. The molecule has 0 fully saturated rings. The molecule has 1 aromatic carbocycles. The molecule has 0 saturated heterocycles. The van der Waals surface area contributed by atoms with Gasteiger partial charge in [0, 0.05) is 17.3 Å². The zero-order valence-corrected chi connectivity index (χ0v) is 14.8. The third kappa shape index (κ3) is 4.41. The Hall–Kier alpha value is -2.31. The lowest BCUT2D eigenvalue weighted by Crippen LogP contribution is -2.44. The summed E-state index contributed by atoms with van der Waals surface area (Å²) in [6, 6.07) is 8.82. The van der Waals surface area contributed by atoms with Gasteiger partial charge in [0.05, 0.1) is 18.2 Å². The summed E-state index contributed by atoms with van der Waals surface area (Å²) in [5.74, 6) is -0.384. The number of rotatable bonds is 7.